The van der Waals surface area contributed by atoms with Crippen LogP contribution in [0, 0.1) is 29.8 Å². The summed E-state index contributed by atoms with van der Waals surface area (Å²) in [6.07, 6.45) is 0. The van der Waals surface area contributed by atoms with Crippen LogP contribution in [0.25, 0.3) is 0 Å². The van der Waals surface area contributed by atoms with Gasteiger partial charge < -0.3 is 5.32 Å². The smallest absolute Gasteiger partial charge is 0.270 e. The molecule has 21 heavy (non-hydrogen) atoms. The van der Waals surface area contributed by atoms with Gasteiger partial charge in [-0.25, -0.2) is 4.39 Å². The molecule has 108 valence electrons. The Morgan fingerprint density at radius 1 is 1.14 bits per heavy atom. The number of nitro groups is 1. The van der Waals surface area contributed by atoms with Crippen molar-refractivity contribution in [3.05, 3.63) is 69.0 Å². The Hall–Kier alpha value is -2.76. The quantitative estimate of drug-likeness (QED) is 0.692. The van der Waals surface area contributed by atoms with Gasteiger partial charge in [-0.3, -0.25) is 14.9 Å². The summed E-state index contributed by atoms with van der Waals surface area (Å²) in [5.41, 5.74) is 1.86. The molecule has 0 fully saturated rings. The second kappa shape index (κ2) is 5.70. The fourth-order valence-electron chi connectivity index (χ4n) is 1.82. The first kappa shape index (κ1) is 14.6. The Morgan fingerprint density at radius 2 is 1.86 bits per heavy atom. The molecule has 2 aromatic carbocycles. The third-order valence-electron chi connectivity index (χ3n) is 3.17. The lowest BCUT2D eigenvalue weighted by molar-refractivity contribution is -0.384. The molecule has 0 atom stereocenters. The zero-order chi connectivity index (χ0) is 15.6. The van der Waals surface area contributed by atoms with Crippen LogP contribution in [0.1, 0.15) is 21.5 Å². The second-order valence-electron chi connectivity index (χ2n) is 4.67. The average Bonchev–Trinajstić information content (AvgIpc) is 2.43. The third-order valence-corrected chi connectivity index (χ3v) is 3.17. The number of nitrogens with zero attached hydrogens (tertiary/aromatic N) is 1. The summed E-state index contributed by atoms with van der Waals surface area (Å²) in [6, 6.07) is 8.12. The van der Waals surface area contributed by atoms with Gasteiger partial charge >= 0.3 is 0 Å². The van der Waals surface area contributed by atoms with Crippen LogP contribution < -0.4 is 5.32 Å². The highest BCUT2D eigenvalue weighted by atomic mass is 19.1. The van der Waals surface area contributed by atoms with Crippen molar-refractivity contribution < 1.29 is 14.1 Å². The van der Waals surface area contributed by atoms with Gasteiger partial charge in [-0.15, -0.1) is 0 Å². The highest BCUT2D eigenvalue weighted by molar-refractivity contribution is 6.04. The topological polar surface area (TPSA) is 72.2 Å². The van der Waals surface area contributed by atoms with Gasteiger partial charge in [0, 0.05) is 17.8 Å². The lowest BCUT2D eigenvalue weighted by Gasteiger charge is -2.08. The summed E-state index contributed by atoms with van der Waals surface area (Å²) in [7, 11) is 0. The van der Waals surface area contributed by atoms with Crippen LogP contribution in [-0.2, 0) is 0 Å². The number of carbonyl (C=O) groups excluding carboxylic acids is 1. The molecule has 0 unspecified atom stereocenters. The van der Waals surface area contributed by atoms with E-state index in [1.54, 1.807) is 12.1 Å². The molecule has 0 aliphatic heterocycles. The molecule has 0 bridgehead atoms. The first-order valence-electron chi connectivity index (χ1n) is 6.21. The fourth-order valence-corrected chi connectivity index (χ4v) is 1.82. The highest BCUT2D eigenvalue weighted by Gasteiger charge is 2.17. The Bertz CT molecular complexity index is 729. The molecule has 0 spiro atoms. The number of halogens is 1. The number of rotatable bonds is 3. The molecule has 0 heterocycles. The van der Waals surface area contributed by atoms with Crippen LogP contribution in [0.5, 0.6) is 0 Å². The maximum Gasteiger partial charge on any atom is 0.270 e. The van der Waals surface area contributed by atoms with Crippen LogP contribution in [0.4, 0.5) is 15.8 Å². The average molecular weight is 288 g/mol. The van der Waals surface area contributed by atoms with Crippen LogP contribution in [0.3, 0.4) is 0 Å². The van der Waals surface area contributed by atoms with E-state index in [4.69, 9.17) is 0 Å². The number of anilines is 1. The molecule has 5 nitrogen and oxygen atoms in total. The first-order chi connectivity index (χ1) is 9.88. The van der Waals surface area contributed by atoms with Gasteiger partial charge in [0.25, 0.3) is 11.6 Å². The summed E-state index contributed by atoms with van der Waals surface area (Å²) < 4.78 is 13.6. The van der Waals surface area contributed by atoms with E-state index in [0.717, 1.165) is 29.3 Å². The number of aryl methyl sites for hydroxylation is 2. The van der Waals surface area contributed by atoms with Gasteiger partial charge in [-0.05, 0) is 43.2 Å². The minimum absolute atomic E-state index is 0.332. The summed E-state index contributed by atoms with van der Waals surface area (Å²) in [5.74, 6) is -1.53. The number of carbonyl (C=O) groups is 1. The molecular weight excluding hydrogens is 275 g/mol. The standard InChI is InChI=1S/C15H13FN2O3/c1-9-3-4-11(7-10(9)2)17-15(19)13-8-12(18(20)21)5-6-14(13)16/h3-8H,1-2H3,(H,17,19). The number of hydrogen-bond acceptors (Lipinski definition) is 3. The van der Waals surface area contributed by atoms with Gasteiger partial charge in [0.05, 0.1) is 10.5 Å². The summed E-state index contributed by atoms with van der Waals surface area (Å²) in [5, 5.41) is 13.2. The first-order valence-corrected chi connectivity index (χ1v) is 6.21. The maximum atomic E-state index is 13.6. The predicted octanol–water partition coefficient (Wildman–Crippen LogP) is 3.60. The third kappa shape index (κ3) is 3.22. The van der Waals surface area contributed by atoms with Crippen LogP contribution in [0.2, 0.25) is 0 Å². The van der Waals surface area contributed by atoms with Crippen molar-refractivity contribution in [2.75, 3.05) is 5.32 Å². The van der Waals surface area contributed by atoms with E-state index in [-0.39, 0.29) is 11.3 Å². The molecule has 6 heteroatoms. The summed E-state index contributed by atoms with van der Waals surface area (Å²) >= 11 is 0. The number of hydrogen-bond donors (Lipinski definition) is 1. The van der Waals surface area contributed by atoms with E-state index in [2.05, 4.69) is 5.32 Å². The molecule has 2 rings (SSSR count). The minimum atomic E-state index is -0.804. The second-order valence-corrected chi connectivity index (χ2v) is 4.67. The van der Waals surface area contributed by atoms with Gasteiger partial charge in [0.15, 0.2) is 0 Å². The highest BCUT2D eigenvalue weighted by Crippen LogP contribution is 2.19. The zero-order valence-electron chi connectivity index (χ0n) is 11.5. The van der Waals surface area contributed by atoms with E-state index in [9.17, 15) is 19.3 Å². The lowest BCUT2D eigenvalue weighted by Crippen LogP contribution is -2.14. The van der Waals surface area contributed by atoms with Gasteiger partial charge in [-0.1, -0.05) is 6.07 Å². The van der Waals surface area contributed by atoms with E-state index in [1.807, 2.05) is 19.9 Å². The Kier molecular flexibility index (Phi) is 3.98. The van der Waals surface area contributed by atoms with Crippen LogP contribution in [0.15, 0.2) is 36.4 Å². The number of nitro benzene ring substituents is 1. The maximum absolute atomic E-state index is 13.6. The Labute approximate surface area is 120 Å². The molecule has 1 amide bonds. The number of non-ortho nitro benzene ring substituents is 1. The molecule has 0 saturated heterocycles. The molecule has 0 aromatic heterocycles. The SMILES string of the molecule is Cc1ccc(NC(=O)c2cc([N+](=O)[O-])ccc2F)cc1C. The van der Waals surface area contributed by atoms with Crippen LogP contribution >= 0.6 is 0 Å². The molecule has 0 aliphatic rings. The zero-order valence-corrected chi connectivity index (χ0v) is 11.5. The lowest BCUT2D eigenvalue weighted by atomic mass is 10.1. The van der Waals surface area contributed by atoms with E-state index in [0.29, 0.717) is 5.69 Å². The van der Waals surface area contributed by atoms with Gasteiger partial charge in [0.1, 0.15) is 5.82 Å². The molecule has 0 aliphatic carbocycles. The molecular formula is C15H13FN2O3. The monoisotopic (exact) mass is 288 g/mol. The van der Waals surface area contributed by atoms with Crippen molar-refractivity contribution in [3.8, 4) is 0 Å². The summed E-state index contributed by atoms with van der Waals surface area (Å²) in [6.45, 7) is 3.82. The van der Waals surface area contributed by atoms with Crippen molar-refractivity contribution in [1.82, 2.24) is 0 Å². The number of amides is 1. The predicted molar refractivity (Wildman–Crippen MR) is 76.9 cm³/mol. The van der Waals surface area contributed by atoms with Crippen molar-refractivity contribution in [2.45, 2.75) is 13.8 Å². The molecule has 1 N–H and O–H groups in total. The number of benzene rings is 2. The number of nitrogens with one attached hydrogen (secondary N) is 1. The van der Waals surface area contributed by atoms with Crippen LogP contribution in [-0.4, -0.2) is 10.8 Å². The fraction of sp³-hybridized carbons (Fsp3) is 0.133. The van der Waals surface area contributed by atoms with Crippen molar-refractivity contribution in [2.24, 2.45) is 0 Å². The van der Waals surface area contributed by atoms with Crippen molar-refractivity contribution in [1.29, 1.82) is 0 Å². The van der Waals surface area contributed by atoms with Gasteiger partial charge in [-0.2, -0.15) is 0 Å². The molecule has 0 saturated carbocycles. The Morgan fingerprint density at radius 3 is 2.48 bits per heavy atom. The van der Waals surface area contributed by atoms with Crippen molar-refractivity contribution in [3.63, 3.8) is 0 Å². The van der Waals surface area contributed by atoms with E-state index >= 15 is 0 Å². The minimum Gasteiger partial charge on any atom is -0.322 e. The largest absolute Gasteiger partial charge is 0.322 e. The van der Waals surface area contributed by atoms with E-state index in [1.165, 1.54) is 0 Å². The normalized spacial score (nSPS) is 10.2. The molecule has 0 radical (unpaired) electrons. The van der Waals surface area contributed by atoms with Crippen molar-refractivity contribution >= 4 is 17.3 Å². The molecule has 2 aromatic rings. The van der Waals surface area contributed by atoms with E-state index < -0.39 is 16.6 Å². The summed E-state index contributed by atoms with van der Waals surface area (Å²) in [4.78, 5) is 22.0. The van der Waals surface area contributed by atoms with Gasteiger partial charge in [0.2, 0.25) is 0 Å². The Balaban J connectivity index is 2.29.